The van der Waals surface area contributed by atoms with Gasteiger partial charge in [0.2, 0.25) is 0 Å². The Bertz CT molecular complexity index is 4120. The Hall–Kier alpha value is -7.92. The van der Waals surface area contributed by atoms with Gasteiger partial charge in [-0.2, -0.15) is 0 Å². The topological polar surface area (TPSA) is 106 Å². The number of hydrogen-bond acceptors (Lipinski definition) is 10. The summed E-state index contributed by atoms with van der Waals surface area (Å²) in [5.41, 5.74) is 22.4. The second kappa shape index (κ2) is 46.8. The van der Waals surface area contributed by atoms with Gasteiger partial charge >= 0.3 is 0 Å². The van der Waals surface area contributed by atoms with Gasteiger partial charge in [-0.1, -0.05) is 263 Å². The van der Waals surface area contributed by atoms with Crippen molar-refractivity contribution in [1.82, 2.24) is 0 Å². The first-order valence-corrected chi connectivity index (χ1v) is 41.0. The minimum Gasteiger partial charge on any atom is -0.489 e. The summed E-state index contributed by atoms with van der Waals surface area (Å²) in [4.78, 5) is 3.89. The molecule has 0 bridgehead atoms. The van der Waals surface area contributed by atoms with Crippen molar-refractivity contribution in [3.63, 3.8) is 0 Å². The number of halogens is 4. The number of rotatable bonds is 25. The summed E-state index contributed by atoms with van der Waals surface area (Å²) < 4.78 is 45.9. The SMILES string of the molecule is CCC(=S)Nc1c(Br)cccc1COc1ccc(C)cc1C.CCC(=S)Nc1c(C)cccc1COc1ccc(C)cc1C.CCC(=S)Nc1c(Cl)cccc1COc1ccc(C)cc1C.CCC(=S)Nc1c(F)cccc1COc1ccc(C)cc1C.CCC(=S)Nc1c(I)cccc1COc1ccc(C)cc1C. The molecule has 0 amide bonds. The summed E-state index contributed by atoms with van der Waals surface area (Å²) in [7, 11) is 0. The van der Waals surface area contributed by atoms with E-state index in [1.165, 1.54) is 39.4 Å². The number of nitrogens with one attached hydrogen (secondary N) is 5. The van der Waals surface area contributed by atoms with Gasteiger partial charge in [-0.25, -0.2) is 4.39 Å². The quantitative estimate of drug-likeness (QED) is 0.0277. The Morgan fingerprint density at radius 1 is 0.327 bits per heavy atom. The van der Waals surface area contributed by atoms with Crippen molar-refractivity contribution >= 4 is 165 Å². The van der Waals surface area contributed by atoms with Gasteiger partial charge in [-0.15, -0.1) is 0 Å². The van der Waals surface area contributed by atoms with Crippen LogP contribution in [0.15, 0.2) is 186 Å². The zero-order valence-corrected chi connectivity index (χ0v) is 74.6. The highest BCUT2D eigenvalue weighted by atomic mass is 127. The van der Waals surface area contributed by atoms with Crippen LogP contribution >= 0.6 is 111 Å². The van der Waals surface area contributed by atoms with Gasteiger partial charge in [0, 0.05) is 41.5 Å². The van der Waals surface area contributed by atoms with E-state index in [0.717, 1.165) is 161 Å². The molecule has 10 nitrogen and oxygen atoms in total. The number of ether oxygens (including phenoxy) is 5. The Balaban J connectivity index is 0.000000215. The fourth-order valence-electron chi connectivity index (χ4n) is 11.1. The molecule has 0 saturated carbocycles. The highest BCUT2D eigenvalue weighted by molar-refractivity contribution is 14.1. The molecule has 0 radical (unpaired) electrons. The Morgan fingerprint density at radius 2 is 0.591 bits per heavy atom. The molecule has 0 atom stereocenters. The Labute approximate surface area is 707 Å². The molecule has 0 spiro atoms. The number of thiocarbonyl (C=S) groups is 5. The molecule has 10 rings (SSSR count). The average molecular weight is 1770 g/mol. The molecule has 0 aromatic heterocycles. The van der Waals surface area contributed by atoms with Crippen molar-refractivity contribution < 1.29 is 28.1 Å². The standard InChI is InChI=1S/C19H23NOS.C18H20BrNOS.C18H20ClNOS.C18H20FNOS.C18H20INOS/c1-5-18(22)20-19-14(3)7-6-8-16(19)12-21-17-10-9-13(2)11-15(17)4;4*1-4-17(22)20-18-14(6-5-7-15(18)19)11-21-16-9-8-12(2)10-13(16)3/h6-11H,5,12H2,1-4H3,(H,20,22);4*5-10H,4,11H2,1-3H3,(H,20,22). The van der Waals surface area contributed by atoms with Gasteiger partial charge in [0.25, 0.3) is 0 Å². The minimum absolute atomic E-state index is 0.288. The lowest BCUT2D eigenvalue weighted by atomic mass is 10.1. The lowest BCUT2D eigenvalue weighted by Gasteiger charge is -2.16. The zero-order chi connectivity index (χ0) is 80.6. The highest BCUT2D eigenvalue weighted by Gasteiger charge is 2.16. The molecule has 580 valence electrons. The van der Waals surface area contributed by atoms with Crippen LogP contribution in [-0.4, -0.2) is 24.9 Å². The molecule has 19 heteroatoms. The van der Waals surface area contributed by atoms with Crippen LogP contribution in [0, 0.1) is 85.5 Å². The number of benzene rings is 10. The maximum absolute atomic E-state index is 14.0. The van der Waals surface area contributed by atoms with E-state index >= 15 is 0 Å². The number of anilines is 5. The van der Waals surface area contributed by atoms with E-state index in [4.69, 9.17) is 96.4 Å². The molecule has 0 aliphatic carbocycles. The normalized spacial score (nSPS) is 10.4. The summed E-state index contributed by atoms with van der Waals surface area (Å²) in [6, 6.07) is 60.0. The van der Waals surface area contributed by atoms with E-state index in [1.54, 1.807) is 6.07 Å². The first-order chi connectivity index (χ1) is 52.5. The van der Waals surface area contributed by atoms with Crippen LogP contribution in [-0.2, 0) is 33.0 Å². The first kappa shape index (κ1) is 91.0. The third kappa shape index (κ3) is 29.6. The van der Waals surface area contributed by atoms with Crippen molar-refractivity contribution in [2.45, 2.75) is 176 Å². The van der Waals surface area contributed by atoms with Crippen molar-refractivity contribution in [3.8, 4) is 28.7 Å². The van der Waals surface area contributed by atoms with Gasteiger partial charge in [0.1, 0.15) is 67.6 Å². The van der Waals surface area contributed by atoms with Crippen molar-refractivity contribution in [1.29, 1.82) is 0 Å². The Morgan fingerprint density at radius 3 is 0.945 bits per heavy atom. The maximum Gasteiger partial charge on any atom is 0.147 e. The summed E-state index contributed by atoms with van der Waals surface area (Å²) >= 11 is 38.5. The molecule has 0 unspecified atom stereocenters. The van der Waals surface area contributed by atoms with Crippen LogP contribution in [0.25, 0.3) is 0 Å². The summed E-state index contributed by atoms with van der Waals surface area (Å²) in [6.07, 6.45) is 3.92. The maximum atomic E-state index is 14.0. The van der Waals surface area contributed by atoms with Crippen LogP contribution < -0.4 is 50.3 Å². The van der Waals surface area contributed by atoms with Crippen LogP contribution in [0.4, 0.5) is 32.8 Å². The molecule has 110 heavy (non-hydrogen) atoms. The minimum atomic E-state index is -0.322. The van der Waals surface area contributed by atoms with Gasteiger partial charge in [0.05, 0.1) is 52.7 Å². The molecule has 0 heterocycles. The van der Waals surface area contributed by atoms with E-state index < -0.39 is 0 Å². The summed E-state index contributed by atoms with van der Waals surface area (Å²) in [6.45, 7) is 35.1. The van der Waals surface area contributed by atoms with Gasteiger partial charge < -0.3 is 50.3 Å². The molecule has 10 aromatic rings. The molecule has 0 saturated heterocycles. The Kier molecular flexibility index (Phi) is 38.7. The van der Waals surface area contributed by atoms with E-state index in [1.807, 2.05) is 126 Å². The van der Waals surface area contributed by atoms with E-state index in [2.05, 4.69) is 219 Å². The summed E-state index contributed by atoms with van der Waals surface area (Å²) in [5.74, 6) is 4.13. The van der Waals surface area contributed by atoms with Gasteiger partial charge in [-0.05, 0) is 235 Å². The van der Waals surface area contributed by atoms with E-state index in [9.17, 15) is 4.39 Å². The molecule has 10 aromatic carbocycles. The van der Waals surface area contributed by atoms with Crippen LogP contribution in [0.1, 0.15) is 156 Å². The smallest absolute Gasteiger partial charge is 0.147 e. The third-order valence-electron chi connectivity index (χ3n) is 17.3. The monoisotopic (exact) mass is 1770 g/mol. The van der Waals surface area contributed by atoms with Gasteiger partial charge in [0.15, 0.2) is 0 Å². The molecular formula is C91H103BrClFIN5O5S5. The fraction of sp³-hybridized carbons (Fsp3) is 0.286. The average Bonchev–Trinajstić information content (AvgIpc) is 0.856. The molecule has 5 N–H and O–H groups in total. The van der Waals surface area contributed by atoms with Crippen LogP contribution in [0.3, 0.4) is 0 Å². The largest absolute Gasteiger partial charge is 0.489 e. The fourth-order valence-corrected chi connectivity index (χ4v) is 13.0. The molecule has 0 fully saturated rings. The van der Waals surface area contributed by atoms with Crippen LogP contribution in [0.5, 0.6) is 28.7 Å². The van der Waals surface area contributed by atoms with Crippen molar-refractivity contribution in [2.75, 3.05) is 26.6 Å². The predicted molar refractivity (Wildman–Crippen MR) is 496 cm³/mol. The van der Waals surface area contributed by atoms with E-state index in [0.29, 0.717) is 48.5 Å². The highest BCUT2D eigenvalue weighted by Crippen LogP contribution is 2.34. The lowest BCUT2D eigenvalue weighted by Crippen LogP contribution is -2.12. The molecular weight excluding hydrogens is 1660 g/mol. The number of para-hydroxylation sites is 5. The van der Waals surface area contributed by atoms with Crippen LogP contribution in [0.2, 0.25) is 5.02 Å². The molecule has 0 aliphatic heterocycles. The second-order valence-electron chi connectivity index (χ2n) is 26.5. The summed E-state index contributed by atoms with van der Waals surface area (Å²) in [5, 5.41) is 16.8. The van der Waals surface area contributed by atoms with Crippen molar-refractivity contribution in [3.05, 3.63) is 290 Å². The molecule has 0 aliphatic rings. The third-order valence-corrected chi connectivity index (χ3v) is 21.1. The number of hydrogen-bond donors (Lipinski definition) is 5. The number of aryl methyl sites for hydroxylation is 11. The predicted octanol–water partition coefficient (Wildman–Crippen LogP) is 27.6. The zero-order valence-electron chi connectivity index (χ0n) is 66.0. The van der Waals surface area contributed by atoms with Crippen molar-refractivity contribution in [2.24, 2.45) is 0 Å². The lowest BCUT2D eigenvalue weighted by molar-refractivity contribution is 0.304. The first-order valence-electron chi connectivity index (χ1n) is 36.7. The van der Waals surface area contributed by atoms with E-state index in [-0.39, 0.29) is 12.4 Å². The van der Waals surface area contributed by atoms with Gasteiger partial charge in [-0.3, -0.25) is 0 Å². The second-order valence-corrected chi connectivity index (χ2v) is 31.4.